The Morgan fingerprint density at radius 3 is 3.00 bits per heavy atom. The first-order valence-corrected chi connectivity index (χ1v) is 7.29. The first-order valence-electron chi connectivity index (χ1n) is 7.29. The molecular weight excluding hydrogens is 254 g/mol. The van der Waals surface area contributed by atoms with Crippen LogP contribution >= 0.6 is 0 Å². The second kappa shape index (κ2) is 5.44. The van der Waals surface area contributed by atoms with Gasteiger partial charge in [-0.3, -0.25) is 4.79 Å². The van der Waals surface area contributed by atoms with E-state index in [1.807, 2.05) is 24.0 Å². The smallest absolute Gasteiger partial charge is 0.228 e. The molecule has 1 fully saturated rings. The summed E-state index contributed by atoms with van der Waals surface area (Å²) in [5, 5.41) is 0. The van der Waals surface area contributed by atoms with Crippen LogP contribution in [0, 0.1) is 5.92 Å². The Kier molecular flexibility index (Phi) is 3.66. The molecule has 1 amide bonds. The summed E-state index contributed by atoms with van der Waals surface area (Å²) in [5.41, 5.74) is 2.53. The van der Waals surface area contributed by atoms with E-state index in [9.17, 15) is 4.79 Å². The SMILES string of the molecule is CCO[C@@H]1C[C@@H]1C(=O)N1CCc2ccc(OC)cc2C1. The Bertz CT molecular complexity index is 514. The second-order valence-electron chi connectivity index (χ2n) is 5.48. The van der Waals surface area contributed by atoms with Crippen molar-refractivity contribution < 1.29 is 14.3 Å². The van der Waals surface area contributed by atoms with Crippen LogP contribution in [0.1, 0.15) is 24.5 Å². The molecule has 2 atom stereocenters. The quantitative estimate of drug-likeness (QED) is 0.843. The van der Waals surface area contributed by atoms with Crippen molar-refractivity contribution in [1.29, 1.82) is 0 Å². The first-order chi connectivity index (χ1) is 9.72. The van der Waals surface area contributed by atoms with Crippen LogP contribution in [0.4, 0.5) is 0 Å². The van der Waals surface area contributed by atoms with Gasteiger partial charge in [0.2, 0.25) is 5.91 Å². The highest BCUT2D eigenvalue weighted by Gasteiger charge is 2.46. The number of carbonyl (C=O) groups excluding carboxylic acids is 1. The van der Waals surface area contributed by atoms with E-state index < -0.39 is 0 Å². The average Bonchev–Trinajstić information content (AvgIpc) is 3.25. The molecule has 108 valence electrons. The van der Waals surface area contributed by atoms with Crippen LogP contribution in [0.15, 0.2) is 18.2 Å². The largest absolute Gasteiger partial charge is 0.497 e. The zero-order valence-electron chi connectivity index (χ0n) is 12.1. The number of hydrogen-bond acceptors (Lipinski definition) is 3. The van der Waals surface area contributed by atoms with Crippen LogP contribution < -0.4 is 4.74 Å². The van der Waals surface area contributed by atoms with Crippen LogP contribution in [0.2, 0.25) is 0 Å². The van der Waals surface area contributed by atoms with E-state index in [4.69, 9.17) is 9.47 Å². The standard InChI is InChI=1S/C16H21NO3/c1-3-20-15-9-14(15)16(18)17-7-6-11-4-5-13(19-2)8-12(11)10-17/h4-5,8,14-15H,3,6-7,9-10H2,1-2H3/t14-,15+/m0/s1. The van der Waals surface area contributed by atoms with E-state index >= 15 is 0 Å². The summed E-state index contributed by atoms with van der Waals surface area (Å²) in [6, 6.07) is 6.14. The van der Waals surface area contributed by atoms with Gasteiger partial charge in [0, 0.05) is 19.7 Å². The molecule has 1 aromatic carbocycles. The molecule has 0 N–H and O–H groups in total. The van der Waals surface area contributed by atoms with Gasteiger partial charge in [-0.1, -0.05) is 6.07 Å². The predicted molar refractivity (Wildman–Crippen MR) is 75.6 cm³/mol. The third-order valence-corrected chi connectivity index (χ3v) is 4.17. The molecule has 0 unspecified atom stereocenters. The monoisotopic (exact) mass is 275 g/mol. The Morgan fingerprint density at radius 2 is 2.25 bits per heavy atom. The molecule has 1 heterocycles. The molecule has 0 aromatic heterocycles. The maximum Gasteiger partial charge on any atom is 0.228 e. The molecule has 0 bridgehead atoms. The molecule has 0 spiro atoms. The summed E-state index contributed by atoms with van der Waals surface area (Å²) in [6.07, 6.45) is 1.96. The van der Waals surface area contributed by atoms with Crippen molar-refractivity contribution in [2.24, 2.45) is 5.92 Å². The van der Waals surface area contributed by atoms with Crippen LogP contribution in [-0.2, 0) is 22.5 Å². The molecule has 1 aliphatic carbocycles. The van der Waals surface area contributed by atoms with Gasteiger partial charge in [0.05, 0.1) is 19.1 Å². The summed E-state index contributed by atoms with van der Waals surface area (Å²) in [6.45, 7) is 4.17. The van der Waals surface area contributed by atoms with Crippen molar-refractivity contribution in [3.63, 3.8) is 0 Å². The molecule has 20 heavy (non-hydrogen) atoms. The van der Waals surface area contributed by atoms with E-state index in [1.165, 1.54) is 11.1 Å². The Balaban J connectivity index is 1.67. The molecule has 4 heteroatoms. The number of benzene rings is 1. The van der Waals surface area contributed by atoms with Gasteiger partial charge in [-0.2, -0.15) is 0 Å². The minimum absolute atomic E-state index is 0.0853. The molecular formula is C16H21NO3. The van der Waals surface area contributed by atoms with Gasteiger partial charge in [0.25, 0.3) is 0 Å². The van der Waals surface area contributed by atoms with Gasteiger partial charge < -0.3 is 14.4 Å². The molecule has 1 aliphatic heterocycles. The normalized spacial score (nSPS) is 24.2. The highest BCUT2D eigenvalue weighted by atomic mass is 16.5. The Morgan fingerprint density at radius 1 is 1.40 bits per heavy atom. The number of hydrogen-bond donors (Lipinski definition) is 0. The highest BCUT2D eigenvalue weighted by Crippen LogP contribution is 2.36. The fourth-order valence-electron chi connectivity index (χ4n) is 2.91. The topological polar surface area (TPSA) is 38.8 Å². The summed E-state index contributed by atoms with van der Waals surface area (Å²) >= 11 is 0. The minimum atomic E-state index is 0.0853. The molecule has 3 rings (SSSR count). The predicted octanol–water partition coefficient (Wildman–Crippen LogP) is 2.00. The van der Waals surface area contributed by atoms with Gasteiger partial charge in [0.15, 0.2) is 0 Å². The number of nitrogens with zero attached hydrogens (tertiary/aromatic N) is 1. The molecule has 2 aliphatic rings. The van der Waals surface area contributed by atoms with Gasteiger partial charge >= 0.3 is 0 Å². The van der Waals surface area contributed by atoms with Crippen molar-refractivity contribution in [3.05, 3.63) is 29.3 Å². The first kappa shape index (κ1) is 13.4. The van der Waals surface area contributed by atoms with Crippen molar-refractivity contribution >= 4 is 5.91 Å². The number of methoxy groups -OCH3 is 1. The number of ether oxygens (including phenoxy) is 2. The summed E-state index contributed by atoms with van der Waals surface area (Å²) in [7, 11) is 1.67. The number of rotatable bonds is 4. The number of amides is 1. The number of fused-ring (bicyclic) bond motifs is 1. The summed E-state index contributed by atoms with van der Waals surface area (Å²) < 4.78 is 10.8. The van der Waals surface area contributed by atoms with E-state index in [-0.39, 0.29) is 17.9 Å². The Hall–Kier alpha value is -1.55. The average molecular weight is 275 g/mol. The van der Waals surface area contributed by atoms with E-state index in [0.29, 0.717) is 13.2 Å². The van der Waals surface area contributed by atoms with Crippen molar-refractivity contribution in [3.8, 4) is 5.75 Å². The molecule has 4 nitrogen and oxygen atoms in total. The molecule has 0 saturated heterocycles. The third kappa shape index (κ3) is 2.52. The van der Waals surface area contributed by atoms with Crippen molar-refractivity contribution in [2.45, 2.75) is 32.4 Å². The molecule has 1 saturated carbocycles. The van der Waals surface area contributed by atoms with E-state index in [0.717, 1.165) is 25.1 Å². The van der Waals surface area contributed by atoms with Crippen LogP contribution in [-0.4, -0.2) is 37.2 Å². The van der Waals surface area contributed by atoms with Crippen molar-refractivity contribution in [1.82, 2.24) is 4.90 Å². The summed E-state index contributed by atoms with van der Waals surface area (Å²) in [5.74, 6) is 1.19. The fourth-order valence-corrected chi connectivity index (χ4v) is 2.91. The zero-order valence-corrected chi connectivity index (χ0v) is 12.1. The van der Waals surface area contributed by atoms with Gasteiger partial charge in [-0.25, -0.2) is 0 Å². The maximum atomic E-state index is 12.4. The third-order valence-electron chi connectivity index (χ3n) is 4.17. The minimum Gasteiger partial charge on any atom is -0.497 e. The van der Waals surface area contributed by atoms with Gasteiger partial charge in [-0.15, -0.1) is 0 Å². The lowest BCUT2D eigenvalue weighted by Gasteiger charge is -2.29. The van der Waals surface area contributed by atoms with Gasteiger partial charge in [-0.05, 0) is 43.0 Å². The van der Waals surface area contributed by atoms with Crippen LogP contribution in [0.5, 0.6) is 5.75 Å². The summed E-state index contributed by atoms with van der Waals surface area (Å²) in [4.78, 5) is 14.4. The molecule has 0 radical (unpaired) electrons. The number of carbonyl (C=O) groups is 1. The van der Waals surface area contributed by atoms with E-state index in [2.05, 4.69) is 6.07 Å². The Labute approximate surface area is 119 Å². The second-order valence-corrected chi connectivity index (χ2v) is 5.48. The van der Waals surface area contributed by atoms with Crippen LogP contribution in [0.25, 0.3) is 0 Å². The fraction of sp³-hybridized carbons (Fsp3) is 0.562. The lowest BCUT2D eigenvalue weighted by atomic mass is 9.99. The molecule has 1 aromatic rings. The zero-order chi connectivity index (χ0) is 14.1. The van der Waals surface area contributed by atoms with Gasteiger partial charge in [0.1, 0.15) is 5.75 Å². The van der Waals surface area contributed by atoms with E-state index in [1.54, 1.807) is 7.11 Å². The maximum absolute atomic E-state index is 12.4. The highest BCUT2D eigenvalue weighted by molar-refractivity contribution is 5.82. The van der Waals surface area contributed by atoms with Crippen LogP contribution in [0.3, 0.4) is 0 Å². The van der Waals surface area contributed by atoms with Crippen molar-refractivity contribution in [2.75, 3.05) is 20.3 Å². The lowest BCUT2D eigenvalue weighted by Crippen LogP contribution is -2.37. The lowest BCUT2D eigenvalue weighted by molar-refractivity contribution is -0.134.